The highest BCUT2D eigenvalue weighted by Crippen LogP contribution is 2.22. The maximum absolute atomic E-state index is 12.9. The van der Waals surface area contributed by atoms with Crippen LogP contribution in [0.15, 0.2) is 36.5 Å². The van der Waals surface area contributed by atoms with Gasteiger partial charge in [-0.15, -0.1) is 0 Å². The molecule has 0 fully saturated rings. The maximum atomic E-state index is 12.9. The normalized spacial score (nSPS) is 12.3. The Balaban J connectivity index is 1.99. The van der Waals surface area contributed by atoms with Gasteiger partial charge in [0.1, 0.15) is 0 Å². The Morgan fingerprint density at radius 2 is 2.04 bits per heavy atom. The molecule has 3 rings (SSSR count). The Morgan fingerprint density at radius 1 is 1.25 bits per heavy atom. The van der Waals surface area contributed by atoms with Gasteiger partial charge in [0, 0.05) is 24.3 Å². The minimum atomic E-state index is -0.0795. The lowest BCUT2D eigenvalue weighted by molar-refractivity contribution is 0.0935. The van der Waals surface area contributed by atoms with Crippen LogP contribution < -0.4 is 5.32 Å². The van der Waals surface area contributed by atoms with Crippen LogP contribution in [0.4, 0.5) is 0 Å². The molecule has 0 spiro atoms. The summed E-state index contributed by atoms with van der Waals surface area (Å²) in [5, 5.41) is 8.22. The van der Waals surface area contributed by atoms with E-state index in [4.69, 9.17) is 0 Å². The number of amides is 1. The van der Waals surface area contributed by atoms with Crippen molar-refractivity contribution >= 4 is 16.8 Å². The van der Waals surface area contributed by atoms with Gasteiger partial charge in [-0.25, -0.2) is 0 Å². The molecule has 1 unspecified atom stereocenters. The van der Waals surface area contributed by atoms with Crippen molar-refractivity contribution in [2.24, 2.45) is 7.05 Å². The van der Waals surface area contributed by atoms with E-state index in [0.717, 1.165) is 34.3 Å². The number of nitrogens with one attached hydrogen (secondary N) is 1. The van der Waals surface area contributed by atoms with Gasteiger partial charge in [-0.3, -0.25) is 14.5 Å². The predicted octanol–water partition coefficient (Wildman–Crippen LogP) is 3.47. The lowest BCUT2D eigenvalue weighted by atomic mass is 10.0. The molecular weight excluding hydrogens is 300 g/mol. The van der Waals surface area contributed by atoms with Gasteiger partial charge in [-0.2, -0.15) is 5.10 Å². The molecule has 0 aliphatic carbocycles. The smallest absolute Gasteiger partial charge is 0.252 e. The zero-order chi connectivity index (χ0) is 17.3. The van der Waals surface area contributed by atoms with Crippen LogP contribution in [0.2, 0.25) is 0 Å². The van der Waals surface area contributed by atoms with E-state index < -0.39 is 0 Å². The average molecular weight is 322 g/mol. The molecule has 1 atom stereocenters. The maximum Gasteiger partial charge on any atom is 0.252 e. The van der Waals surface area contributed by atoms with Crippen LogP contribution >= 0.6 is 0 Å². The molecular formula is C19H22N4O. The number of rotatable bonds is 4. The first-order valence-electron chi connectivity index (χ1n) is 8.16. The van der Waals surface area contributed by atoms with E-state index in [1.54, 1.807) is 10.9 Å². The zero-order valence-corrected chi connectivity index (χ0v) is 14.5. The highest BCUT2D eigenvalue weighted by Gasteiger charge is 2.19. The van der Waals surface area contributed by atoms with Gasteiger partial charge in [0.25, 0.3) is 5.91 Å². The van der Waals surface area contributed by atoms with Crippen LogP contribution in [-0.4, -0.2) is 20.7 Å². The molecule has 0 radical (unpaired) electrons. The Morgan fingerprint density at radius 3 is 2.71 bits per heavy atom. The second-order valence-electron chi connectivity index (χ2n) is 6.15. The highest BCUT2D eigenvalue weighted by atomic mass is 16.1. The fourth-order valence-corrected chi connectivity index (χ4v) is 3.01. The van der Waals surface area contributed by atoms with Crippen molar-refractivity contribution in [2.45, 2.75) is 33.2 Å². The SMILES string of the molecule is CCC(NC(=O)c1cc(C)nc2ccc(C)cc12)c1ccnn1C. The fourth-order valence-electron chi connectivity index (χ4n) is 3.01. The monoisotopic (exact) mass is 322 g/mol. The van der Waals surface area contributed by atoms with Crippen molar-refractivity contribution in [1.82, 2.24) is 20.1 Å². The third kappa shape index (κ3) is 3.02. The van der Waals surface area contributed by atoms with Crippen LogP contribution in [0.1, 0.15) is 46.7 Å². The molecule has 5 nitrogen and oxygen atoms in total. The number of pyridine rings is 1. The topological polar surface area (TPSA) is 59.8 Å². The highest BCUT2D eigenvalue weighted by molar-refractivity contribution is 6.06. The largest absolute Gasteiger partial charge is 0.344 e. The molecule has 3 aromatic rings. The Hall–Kier alpha value is -2.69. The first kappa shape index (κ1) is 16.2. The lowest BCUT2D eigenvalue weighted by Crippen LogP contribution is -2.29. The van der Waals surface area contributed by atoms with Gasteiger partial charge >= 0.3 is 0 Å². The van der Waals surface area contributed by atoms with E-state index in [9.17, 15) is 4.79 Å². The number of hydrogen-bond acceptors (Lipinski definition) is 3. The average Bonchev–Trinajstić information content (AvgIpc) is 2.98. The third-order valence-electron chi connectivity index (χ3n) is 4.27. The summed E-state index contributed by atoms with van der Waals surface area (Å²) >= 11 is 0. The Bertz CT molecular complexity index is 898. The summed E-state index contributed by atoms with van der Waals surface area (Å²) in [6.07, 6.45) is 2.55. The summed E-state index contributed by atoms with van der Waals surface area (Å²) in [4.78, 5) is 17.5. The molecule has 1 N–H and O–H groups in total. The number of fused-ring (bicyclic) bond motifs is 1. The molecule has 2 aromatic heterocycles. The predicted molar refractivity (Wildman–Crippen MR) is 94.9 cm³/mol. The molecule has 0 saturated carbocycles. The number of aryl methyl sites for hydroxylation is 3. The molecule has 0 aliphatic rings. The Kier molecular flexibility index (Phi) is 4.34. The van der Waals surface area contributed by atoms with Gasteiger partial charge in [0.15, 0.2) is 0 Å². The minimum absolute atomic E-state index is 0.0710. The van der Waals surface area contributed by atoms with E-state index in [1.807, 2.05) is 51.2 Å². The molecule has 24 heavy (non-hydrogen) atoms. The number of carbonyl (C=O) groups excluding carboxylic acids is 1. The molecule has 124 valence electrons. The Labute approximate surface area is 141 Å². The third-order valence-corrected chi connectivity index (χ3v) is 4.27. The lowest BCUT2D eigenvalue weighted by Gasteiger charge is -2.18. The van der Waals surface area contributed by atoms with Gasteiger partial charge in [0.05, 0.1) is 22.8 Å². The van der Waals surface area contributed by atoms with Crippen molar-refractivity contribution in [2.75, 3.05) is 0 Å². The van der Waals surface area contributed by atoms with E-state index in [2.05, 4.69) is 22.3 Å². The molecule has 0 bridgehead atoms. The van der Waals surface area contributed by atoms with Gasteiger partial charge in [0.2, 0.25) is 0 Å². The number of nitrogens with zero attached hydrogens (tertiary/aromatic N) is 3. The molecule has 0 aliphatic heterocycles. The van der Waals surface area contributed by atoms with Crippen LogP contribution in [-0.2, 0) is 7.05 Å². The quantitative estimate of drug-likeness (QED) is 0.800. The summed E-state index contributed by atoms with van der Waals surface area (Å²) in [6, 6.07) is 9.72. The van der Waals surface area contributed by atoms with Gasteiger partial charge < -0.3 is 5.32 Å². The summed E-state index contributed by atoms with van der Waals surface area (Å²) in [5.41, 5.74) is 4.46. The molecule has 2 heterocycles. The number of hydrogen-bond donors (Lipinski definition) is 1. The number of carbonyl (C=O) groups is 1. The summed E-state index contributed by atoms with van der Waals surface area (Å²) in [6.45, 7) is 5.98. The summed E-state index contributed by atoms with van der Waals surface area (Å²) in [7, 11) is 1.89. The van der Waals surface area contributed by atoms with Crippen LogP contribution in [0.25, 0.3) is 10.9 Å². The molecule has 1 aromatic carbocycles. The summed E-state index contributed by atoms with van der Waals surface area (Å²) < 4.78 is 1.80. The first-order valence-corrected chi connectivity index (χ1v) is 8.16. The summed E-state index contributed by atoms with van der Waals surface area (Å²) in [5.74, 6) is -0.0795. The van der Waals surface area contributed by atoms with Crippen molar-refractivity contribution in [3.8, 4) is 0 Å². The van der Waals surface area contributed by atoms with E-state index >= 15 is 0 Å². The van der Waals surface area contributed by atoms with Crippen LogP contribution in [0, 0.1) is 13.8 Å². The van der Waals surface area contributed by atoms with Gasteiger partial charge in [-0.05, 0) is 44.5 Å². The van der Waals surface area contributed by atoms with Gasteiger partial charge in [-0.1, -0.05) is 18.6 Å². The van der Waals surface area contributed by atoms with Crippen LogP contribution in [0.3, 0.4) is 0 Å². The van der Waals surface area contributed by atoms with Crippen molar-refractivity contribution < 1.29 is 4.79 Å². The van der Waals surface area contributed by atoms with E-state index in [0.29, 0.717) is 5.56 Å². The molecule has 0 saturated heterocycles. The van der Waals surface area contributed by atoms with Crippen molar-refractivity contribution in [3.63, 3.8) is 0 Å². The fraction of sp³-hybridized carbons (Fsp3) is 0.316. The van der Waals surface area contributed by atoms with Crippen LogP contribution in [0.5, 0.6) is 0 Å². The van der Waals surface area contributed by atoms with E-state index in [-0.39, 0.29) is 11.9 Å². The number of benzene rings is 1. The van der Waals surface area contributed by atoms with Crippen molar-refractivity contribution in [3.05, 3.63) is 59.0 Å². The second-order valence-corrected chi connectivity index (χ2v) is 6.15. The second kappa shape index (κ2) is 6.43. The minimum Gasteiger partial charge on any atom is -0.344 e. The molecule has 5 heteroatoms. The number of aromatic nitrogens is 3. The first-order chi connectivity index (χ1) is 11.5. The van der Waals surface area contributed by atoms with Crippen molar-refractivity contribution in [1.29, 1.82) is 0 Å². The molecule has 1 amide bonds. The standard InChI is InChI=1S/C19H22N4O/c1-5-16(18-8-9-20-23(18)4)22-19(24)15-11-13(3)21-17-7-6-12(2)10-14(15)17/h6-11,16H,5H2,1-4H3,(H,22,24). The zero-order valence-electron chi connectivity index (χ0n) is 14.5. The van der Waals surface area contributed by atoms with E-state index in [1.165, 1.54) is 0 Å².